The van der Waals surface area contributed by atoms with Crippen LogP contribution in [0.1, 0.15) is 18.4 Å². The Morgan fingerprint density at radius 1 is 1.47 bits per heavy atom. The van der Waals surface area contributed by atoms with Crippen LogP contribution in [0.15, 0.2) is 18.2 Å². The Kier molecular flexibility index (Phi) is 4.19. The zero-order chi connectivity index (χ0) is 13.8. The molecule has 0 saturated carbocycles. The van der Waals surface area contributed by atoms with Crippen LogP contribution in [0.5, 0.6) is 11.5 Å². The molecule has 104 valence electrons. The topological polar surface area (TPSA) is 47.6 Å². The number of methoxy groups -OCH3 is 1. The van der Waals surface area contributed by atoms with E-state index in [1.54, 1.807) is 18.2 Å². The lowest BCUT2D eigenvalue weighted by molar-refractivity contribution is -0.119. The molecule has 0 aliphatic carbocycles. The van der Waals surface area contributed by atoms with Gasteiger partial charge in [-0.15, -0.1) is 0 Å². The van der Waals surface area contributed by atoms with Gasteiger partial charge in [-0.2, -0.15) is 8.78 Å². The summed E-state index contributed by atoms with van der Waals surface area (Å²) in [5.74, 6) is 0.299. The highest BCUT2D eigenvalue weighted by Gasteiger charge is 2.24. The van der Waals surface area contributed by atoms with Crippen molar-refractivity contribution in [3.05, 3.63) is 23.8 Å². The van der Waals surface area contributed by atoms with E-state index in [9.17, 15) is 13.6 Å². The molecule has 1 amide bonds. The quantitative estimate of drug-likeness (QED) is 0.892. The molecule has 1 fully saturated rings. The van der Waals surface area contributed by atoms with E-state index in [-0.39, 0.29) is 23.4 Å². The normalized spacial score (nSPS) is 18.5. The summed E-state index contributed by atoms with van der Waals surface area (Å²) in [7, 11) is 1.40. The number of hydrogen-bond acceptors (Lipinski definition) is 3. The van der Waals surface area contributed by atoms with Crippen molar-refractivity contribution in [2.45, 2.75) is 31.9 Å². The van der Waals surface area contributed by atoms with Gasteiger partial charge in [0.1, 0.15) is 0 Å². The third-order valence-corrected chi connectivity index (χ3v) is 3.04. The van der Waals surface area contributed by atoms with Gasteiger partial charge >= 0.3 is 6.61 Å². The number of hydrogen-bond donors (Lipinski definition) is 1. The summed E-state index contributed by atoms with van der Waals surface area (Å²) in [4.78, 5) is 11.1. The Morgan fingerprint density at radius 3 is 2.84 bits per heavy atom. The number of carbonyl (C=O) groups is 1. The Labute approximate surface area is 109 Å². The van der Waals surface area contributed by atoms with E-state index in [0.717, 1.165) is 0 Å². The van der Waals surface area contributed by atoms with Crippen LogP contribution in [0, 0.1) is 0 Å². The molecule has 6 heteroatoms. The van der Waals surface area contributed by atoms with Crippen LogP contribution in [0.2, 0.25) is 0 Å². The largest absolute Gasteiger partial charge is 0.493 e. The monoisotopic (exact) mass is 271 g/mol. The van der Waals surface area contributed by atoms with Gasteiger partial charge in [0.15, 0.2) is 11.5 Å². The predicted octanol–water partition coefficient (Wildman–Crippen LogP) is 2.12. The van der Waals surface area contributed by atoms with Gasteiger partial charge in [-0.25, -0.2) is 0 Å². The summed E-state index contributed by atoms with van der Waals surface area (Å²) in [6.07, 6.45) is 1.62. The highest BCUT2D eigenvalue weighted by atomic mass is 19.3. The molecule has 0 bridgehead atoms. The highest BCUT2D eigenvalue weighted by molar-refractivity contribution is 5.78. The minimum Gasteiger partial charge on any atom is -0.493 e. The molecular formula is C13H15F2NO3. The van der Waals surface area contributed by atoms with Crippen molar-refractivity contribution in [2.75, 3.05) is 7.11 Å². The van der Waals surface area contributed by atoms with Crippen molar-refractivity contribution in [3.8, 4) is 11.5 Å². The van der Waals surface area contributed by atoms with Crippen molar-refractivity contribution in [2.24, 2.45) is 0 Å². The number of amides is 1. The smallest absolute Gasteiger partial charge is 0.387 e. The average molecular weight is 271 g/mol. The molecule has 1 unspecified atom stereocenters. The molecule has 2 rings (SSSR count). The standard InChI is InChI=1S/C13H15F2NO3/c1-18-10-4-2-3-8(12(10)19-13(14)15)7-9-5-6-11(17)16-9/h2-4,9,13H,5-7H2,1H3,(H,16,17). The van der Waals surface area contributed by atoms with Crippen molar-refractivity contribution in [1.82, 2.24) is 5.32 Å². The number of para-hydroxylation sites is 1. The predicted molar refractivity (Wildman–Crippen MR) is 64.5 cm³/mol. The van der Waals surface area contributed by atoms with E-state index in [1.165, 1.54) is 7.11 Å². The highest BCUT2D eigenvalue weighted by Crippen LogP contribution is 2.33. The minimum atomic E-state index is -2.91. The van der Waals surface area contributed by atoms with Crippen molar-refractivity contribution >= 4 is 5.91 Å². The summed E-state index contributed by atoms with van der Waals surface area (Å²) < 4.78 is 34.5. The van der Waals surface area contributed by atoms with Gasteiger partial charge < -0.3 is 14.8 Å². The Morgan fingerprint density at radius 2 is 2.26 bits per heavy atom. The molecule has 0 aromatic heterocycles. The van der Waals surface area contributed by atoms with Crippen molar-refractivity contribution in [3.63, 3.8) is 0 Å². The second-order valence-electron chi connectivity index (χ2n) is 4.33. The number of ether oxygens (including phenoxy) is 2. The average Bonchev–Trinajstić information content (AvgIpc) is 2.76. The molecule has 1 N–H and O–H groups in total. The van der Waals surface area contributed by atoms with Gasteiger partial charge in [-0.3, -0.25) is 4.79 Å². The van der Waals surface area contributed by atoms with E-state index >= 15 is 0 Å². The third kappa shape index (κ3) is 3.33. The van der Waals surface area contributed by atoms with Gasteiger partial charge in [0.05, 0.1) is 7.11 Å². The molecular weight excluding hydrogens is 256 g/mol. The Bertz CT molecular complexity index is 465. The number of rotatable bonds is 5. The lowest BCUT2D eigenvalue weighted by atomic mass is 10.0. The Balaban J connectivity index is 2.20. The molecule has 1 atom stereocenters. The molecule has 0 radical (unpaired) electrons. The first-order chi connectivity index (χ1) is 9.10. The maximum absolute atomic E-state index is 12.4. The van der Waals surface area contributed by atoms with Crippen LogP contribution in [0.4, 0.5) is 8.78 Å². The molecule has 1 aliphatic rings. The maximum atomic E-state index is 12.4. The van der Waals surface area contributed by atoms with Crippen molar-refractivity contribution < 1.29 is 23.0 Å². The van der Waals surface area contributed by atoms with E-state index < -0.39 is 6.61 Å². The van der Waals surface area contributed by atoms with E-state index in [2.05, 4.69) is 10.1 Å². The number of nitrogens with one attached hydrogen (secondary N) is 1. The van der Waals surface area contributed by atoms with Crippen LogP contribution in [0.3, 0.4) is 0 Å². The second kappa shape index (κ2) is 5.86. The SMILES string of the molecule is COc1cccc(CC2CCC(=O)N2)c1OC(F)F. The number of halogens is 2. The summed E-state index contributed by atoms with van der Waals surface area (Å²) in [5.41, 5.74) is 0.604. The Hall–Kier alpha value is -1.85. The summed E-state index contributed by atoms with van der Waals surface area (Å²) in [5, 5.41) is 2.80. The first-order valence-corrected chi connectivity index (χ1v) is 6.00. The molecule has 1 aromatic carbocycles. The second-order valence-corrected chi connectivity index (χ2v) is 4.33. The van der Waals surface area contributed by atoms with Gasteiger partial charge in [0.2, 0.25) is 5.91 Å². The third-order valence-electron chi connectivity index (χ3n) is 3.04. The summed E-state index contributed by atoms with van der Waals surface area (Å²) in [6, 6.07) is 4.93. The molecule has 1 aliphatic heterocycles. The molecule has 19 heavy (non-hydrogen) atoms. The first-order valence-electron chi connectivity index (χ1n) is 6.00. The lowest BCUT2D eigenvalue weighted by Gasteiger charge is -2.16. The number of carbonyl (C=O) groups excluding carboxylic acids is 1. The molecule has 1 saturated heterocycles. The molecule has 1 aromatic rings. The molecule has 1 heterocycles. The van der Waals surface area contributed by atoms with Crippen LogP contribution < -0.4 is 14.8 Å². The van der Waals surface area contributed by atoms with Crippen LogP contribution in [-0.4, -0.2) is 25.7 Å². The van der Waals surface area contributed by atoms with E-state index in [0.29, 0.717) is 24.8 Å². The van der Waals surface area contributed by atoms with E-state index in [4.69, 9.17) is 4.74 Å². The zero-order valence-electron chi connectivity index (χ0n) is 10.5. The van der Waals surface area contributed by atoms with Crippen LogP contribution >= 0.6 is 0 Å². The maximum Gasteiger partial charge on any atom is 0.387 e. The van der Waals surface area contributed by atoms with Gasteiger partial charge in [0, 0.05) is 18.0 Å². The van der Waals surface area contributed by atoms with Crippen molar-refractivity contribution in [1.29, 1.82) is 0 Å². The summed E-state index contributed by atoms with van der Waals surface area (Å²) >= 11 is 0. The van der Waals surface area contributed by atoms with Gasteiger partial charge in [0.25, 0.3) is 0 Å². The fourth-order valence-electron chi connectivity index (χ4n) is 2.20. The van der Waals surface area contributed by atoms with Gasteiger partial charge in [-0.05, 0) is 18.9 Å². The van der Waals surface area contributed by atoms with Crippen LogP contribution in [-0.2, 0) is 11.2 Å². The fourth-order valence-corrected chi connectivity index (χ4v) is 2.20. The number of alkyl halides is 2. The minimum absolute atomic E-state index is 0.00998. The van der Waals surface area contributed by atoms with Gasteiger partial charge in [-0.1, -0.05) is 12.1 Å². The number of benzene rings is 1. The lowest BCUT2D eigenvalue weighted by Crippen LogP contribution is -2.27. The fraction of sp³-hybridized carbons (Fsp3) is 0.462. The van der Waals surface area contributed by atoms with E-state index in [1.807, 2.05) is 0 Å². The molecule has 0 spiro atoms. The zero-order valence-corrected chi connectivity index (χ0v) is 10.5. The first kappa shape index (κ1) is 13.6. The van der Waals surface area contributed by atoms with Crippen LogP contribution in [0.25, 0.3) is 0 Å². The molecule has 4 nitrogen and oxygen atoms in total. The summed E-state index contributed by atoms with van der Waals surface area (Å²) in [6.45, 7) is -2.91.